The number of ether oxygens (including phenoxy) is 2. The van der Waals surface area contributed by atoms with Crippen LogP contribution in [0.4, 0.5) is 9.18 Å². The molecule has 7 unspecified atom stereocenters. The lowest BCUT2D eigenvalue weighted by Gasteiger charge is -2.30. The summed E-state index contributed by atoms with van der Waals surface area (Å²) in [5.74, 6) is -1.87. The number of alkyl carbamates (subject to hydrolysis) is 1. The molecule has 5 N–H and O–H groups in total. The fraction of sp³-hybridized carbons (Fsp3) is 0.596. The molecule has 0 saturated carbocycles. The van der Waals surface area contributed by atoms with Gasteiger partial charge in [-0.25, -0.2) is 14.2 Å². The van der Waals surface area contributed by atoms with Gasteiger partial charge in [-0.15, -0.1) is 0 Å². The van der Waals surface area contributed by atoms with Gasteiger partial charge in [0, 0.05) is 42.4 Å². The van der Waals surface area contributed by atoms with Crippen LogP contribution in [-0.2, 0) is 48.2 Å². The average molecular weight is 957 g/mol. The lowest BCUT2D eigenvalue weighted by atomic mass is 9.81. The highest BCUT2D eigenvalue weighted by molar-refractivity contribution is 5.93. The van der Waals surface area contributed by atoms with Gasteiger partial charge in [0.1, 0.15) is 31.0 Å². The number of aryl methyl sites for hydroxylation is 1. The lowest BCUT2D eigenvalue weighted by molar-refractivity contribution is -0.148. The van der Waals surface area contributed by atoms with Crippen molar-refractivity contribution in [2.75, 3.05) is 19.8 Å². The van der Waals surface area contributed by atoms with Crippen molar-refractivity contribution >= 4 is 41.1 Å². The third-order valence-corrected chi connectivity index (χ3v) is 14.8. The number of esters is 1. The van der Waals surface area contributed by atoms with Crippen molar-refractivity contribution in [2.24, 2.45) is 11.8 Å². The minimum atomic E-state index is -0.710. The van der Waals surface area contributed by atoms with Crippen LogP contribution in [0.3, 0.4) is 0 Å². The van der Waals surface area contributed by atoms with Crippen LogP contribution >= 0.6 is 0 Å². The van der Waals surface area contributed by atoms with Crippen LogP contribution in [0.25, 0.3) is 22.3 Å². The summed E-state index contributed by atoms with van der Waals surface area (Å²) in [5, 5.41) is 29.6. The second-order valence-corrected chi connectivity index (χ2v) is 19.3. The molecule has 2 aliphatic heterocycles. The largest absolute Gasteiger partial charge is 0.460 e. The molecule has 7 atom stereocenters. The Morgan fingerprint density at radius 3 is 2.62 bits per heavy atom. The summed E-state index contributed by atoms with van der Waals surface area (Å²) < 4.78 is 28.4. The number of rotatable bonds is 21. The third-order valence-electron chi connectivity index (χ3n) is 14.8. The Balaban J connectivity index is 0.890. The van der Waals surface area contributed by atoms with E-state index >= 15 is 4.39 Å². The Labute approximate surface area is 402 Å². The van der Waals surface area contributed by atoms with Gasteiger partial charge in [0.05, 0.1) is 53.7 Å². The van der Waals surface area contributed by atoms with E-state index in [-0.39, 0.29) is 67.3 Å². The number of unbranched alkanes of at least 4 members (excludes halogenated alkanes) is 3. The van der Waals surface area contributed by atoms with Crippen LogP contribution in [0.1, 0.15) is 156 Å². The van der Waals surface area contributed by atoms with Gasteiger partial charge in [0.25, 0.3) is 5.56 Å². The summed E-state index contributed by atoms with van der Waals surface area (Å²) >= 11 is 0. The number of aldehydes is 1. The topological polar surface area (TPSA) is 218 Å². The second kappa shape index (κ2) is 23.4. The van der Waals surface area contributed by atoms with Gasteiger partial charge in [-0.1, -0.05) is 33.3 Å². The fourth-order valence-electron chi connectivity index (χ4n) is 10.5. The molecule has 7 rings (SSSR count). The molecule has 2 aromatic heterocycles. The number of fused-ring (bicyclic) bond motifs is 5. The molecule has 0 bridgehead atoms. The minimum absolute atomic E-state index is 0.0428. The van der Waals surface area contributed by atoms with E-state index < -0.39 is 36.4 Å². The number of nitrogens with one attached hydrogen (secondary N) is 3. The van der Waals surface area contributed by atoms with Crippen molar-refractivity contribution < 1.29 is 48.0 Å². The number of allylic oxidation sites excluding steroid dienone is 1. The maximum Gasteiger partial charge on any atom is 0.408 e. The Morgan fingerprint density at radius 1 is 1.06 bits per heavy atom. The minimum Gasteiger partial charge on any atom is -0.460 e. The van der Waals surface area contributed by atoms with E-state index in [9.17, 15) is 39.0 Å². The van der Waals surface area contributed by atoms with Gasteiger partial charge in [0.2, 0.25) is 11.8 Å². The summed E-state index contributed by atoms with van der Waals surface area (Å²) in [7, 11) is 0. The Hall–Kier alpha value is -5.52. The molecule has 0 saturated heterocycles. The molecular formula is C52H69FN6O10. The van der Waals surface area contributed by atoms with E-state index in [2.05, 4.69) is 16.0 Å². The zero-order valence-corrected chi connectivity index (χ0v) is 40.5. The number of benzene rings is 1. The molecule has 4 aliphatic rings. The molecule has 4 heterocycles. The zero-order valence-electron chi connectivity index (χ0n) is 40.5. The molecule has 69 heavy (non-hydrogen) atoms. The van der Waals surface area contributed by atoms with Gasteiger partial charge < -0.3 is 45.0 Å². The van der Waals surface area contributed by atoms with Crippen LogP contribution in [0.2, 0.25) is 0 Å². The van der Waals surface area contributed by atoms with E-state index in [1.807, 2.05) is 39.0 Å². The summed E-state index contributed by atoms with van der Waals surface area (Å²) in [6, 6.07) is 2.11. The van der Waals surface area contributed by atoms with E-state index in [0.717, 1.165) is 47.6 Å². The standard InChI is InChI=1S/C52H69FN6O10/c1-5-30(3)49(64)58(29-61)23-13-7-8-17-44(62)55-33(27-60)15-11-12-22-54-48(63)32-14-9-10-16-34(19-18-32)69-52(67)57-41-21-20-36-31(4)40(53)25-42-45(36)46(41)38-26-59-43(47(38)56-42)24-37-35(6-2)51(66)68-28-39(37)50(59)65/h10,16,24-25,27,30,32-35,41,49,61,64H,5-9,11-15,17-23,26,28-29H2,1-4H3,(H,54,63)(H,55,62)(H,57,67)/b16-10+. The Kier molecular flexibility index (Phi) is 17.4. The lowest BCUT2D eigenvalue weighted by Crippen LogP contribution is -2.40. The number of carbonyl (C=O) groups is 5. The maximum absolute atomic E-state index is 15.4. The van der Waals surface area contributed by atoms with Crippen molar-refractivity contribution in [2.45, 2.75) is 167 Å². The van der Waals surface area contributed by atoms with Crippen molar-refractivity contribution in [3.05, 3.63) is 73.8 Å². The molecular weight excluding hydrogens is 888 g/mol. The predicted molar refractivity (Wildman–Crippen MR) is 256 cm³/mol. The first-order valence-electron chi connectivity index (χ1n) is 25.0. The van der Waals surface area contributed by atoms with E-state index in [0.29, 0.717) is 117 Å². The van der Waals surface area contributed by atoms with Crippen LogP contribution in [0.15, 0.2) is 29.1 Å². The quantitative estimate of drug-likeness (QED) is 0.0202. The summed E-state index contributed by atoms with van der Waals surface area (Å²) in [5.41, 5.74) is 5.16. The molecule has 374 valence electrons. The number of hydrogen-bond donors (Lipinski definition) is 5. The number of amides is 3. The van der Waals surface area contributed by atoms with Crippen LogP contribution in [0.5, 0.6) is 0 Å². The number of aromatic nitrogens is 2. The number of nitrogens with zero attached hydrogens (tertiary/aromatic N) is 3. The van der Waals surface area contributed by atoms with Crippen LogP contribution in [-0.4, -0.2) is 93.0 Å². The number of aliphatic hydroxyl groups is 2. The predicted octanol–water partition coefficient (Wildman–Crippen LogP) is 6.40. The SMILES string of the molecule is CCC1C(=O)OCc2c1cc1n(c2=O)Cc2c-1nc1cc(F)c(C)c3c1c2C(NC(=O)OC1/C=C/CCC(C(=O)NCCCCC(C=O)NC(=O)CCCCCN(CO)C(O)C(C)CC)CC1)CC3. The highest BCUT2D eigenvalue weighted by Crippen LogP contribution is 2.45. The first-order chi connectivity index (χ1) is 33.3. The van der Waals surface area contributed by atoms with Crippen LogP contribution < -0.4 is 21.5 Å². The molecule has 0 radical (unpaired) electrons. The first kappa shape index (κ1) is 51.3. The second-order valence-electron chi connectivity index (χ2n) is 19.3. The van der Waals surface area contributed by atoms with E-state index in [4.69, 9.17) is 14.5 Å². The fourth-order valence-corrected chi connectivity index (χ4v) is 10.5. The highest BCUT2D eigenvalue weighted by atomic mass is 19.1. The van der Waals surface area contributed by atoms with Gasteiger partial charge >= 0.3 is 12.1 Å². The molecule has 3 aromatic rings. The van der Waals surface area contributed by atoms with Gasteiger partial charge in [-0.2, -0.15) is 0 Å². The maximum atomic E-state index is 15.4. The summed E-state index contributed by atoms with van der Waals surface area (Å²) in [6.07, 6.45) is 11.1. The number of halogens is 1. The van der Waals surface area contributed by atoms with Crippen molar-refractivity contribution in [1.29, 1.82) is 0 Å². The van der Waals surface area contributed by atoms with Gasteiger partial charge in [0.15, 0.2) is 0 Å². The average Bonchev–Trinajstić information content (AvgIpc) is 3.70. The number of carbonyl (C=O) groups excluding carboxylic acids is 5. The first-order valence-corrected chi connectivity index (χ1v) is 25.0. The van der Waals surface area contributed by atoms with E-state index in [1.165, 1.54) is 6.07 Å². The number of aliphatic hydroxyl groups excluding tert-OH is 2. The molecule has 17 heteroatoms. The summed E-state index contributed by atoms with van der Waals surface area (Å²) in [4.78, 5) is 84.6. The van der Waals surface area contributed by atoms with Crippen molar-refractivity contribution in [3.8, 4) is 11.4 Å². The molecule has 2 aliphatic carbocycles. The van der Waals surface area contributed by atoms with Crippen molar-refractivity contribution in [3.63, 3.8) is 0 Å². The molecule has 0 fully saturated rings. The van der Waals surface area contributed by atoms with Crippen molar-refractivity contribution in [1.82, 2.24) is 30.4 Å². The molecule has 3 amide bonds. The third kappa shape index (κ3) is 11.6. The monoisotopic (exact) mass is 957 g/mol. The summed E-state index contributed by atoms with van der Waals surface area (Å²) in [6.45, 7) is 8.33. The van der Waals surface area contributed by atoms with Gasteiger partial charge in [-0.05, 0) is 131 Å². The highest BCUT2D eigenvalue weighted by Gasteiger charge is 2.38. The molecule has 0 spiro atoms. The van der Waals surface area contributed by atoms with Gasteiger partial charge in [-0.3, -0.25) is 24.1 Å². The number of pyridine rings is 2. The molecule has 1 aromatic carbocycles. The molecule has 16 nitrogen and oxygen atoms in total. The zero-order chi connectivity index (χ0) is 49.4. The smallest absolute Gasteiger partial charge is 0.408 e. The van der Waals surface area contributed by atoms with E-state index in [1.54, 1.807) is 16.4 Å². The van der Waals surface area contributed by atoms with Crippen LogP contribution in [0, 0.1) is 24.6 Å². The Morgan fingerprint density at radius 2 is 1.87 bits per heavy atom. The Bertz CT molecular complexity index is 2490. The number of cyclic esters (lactones) is 1. The number of hydrogen-bond acceptors (Lipinski definition) is 12. The normalized spacial score (nSPS) is 21.1.